The van der Waals surface area contributed by atoms with E-state index in [1.807, 2.05) is 0 Å². The highest BCUT2D eigenvalue weighted by Gasteiger charge is 2.12. The number of carbonyl (C=O) groups excluding carboxylic acids is 2. The third kappa shape index (κ3) is 5.64. The van der Waals surface area contributed by atoms with Gasteiger partial charge in [-0.3, -0.25) is 14.5 Å². The third-order valence-corrected chi connectivity index (χ3v) is 4.18. The van der Waals surface area contributed by atoms with Crippen molar-refractivity contribution in [2.75, 3.05) is 33.0 Å². The quantitative estimate of drug-likeness (QED) is 0.777. The second kappa shape index (κ2) is 8.91. The SMILES string of the molecule is CN(CC(=O)Nc1ccc(C(=O)N(C)C)cc1)Cc1cc(Br)ccc1F. The molecule has 1 N–H and O–H groups in total. The molecule has 2 amide bonds. The predicted octanol–water partition coefficient (Wildman–Crippen LogP) is 3.36. The van der Waals surface area contributed by atoms with Gasteiger partial charge in [0.1, 0.15) is 5.82 Å². The number of nitrogens with zero attached hydrogens (tertiary/aromatic N) is 2. The molecule has 0 heterocycles. The molecular weight excluding hydrogens is 401 g/mol. The van der Waals surface area contributed by atoms with E-state index in [0.29, 0.717) is 23.4 Å². The highest BCUT2D eigenvalue weighted by atomic mass is 79.9. The lowest BCUT2D eigenvalue weighted by Gasteiger charge is -2.17. The molecule has 0 saturated carbocycles. The summed E-state index contributed by atoms with van der Waals surface area (Å²) >= 11 is 3.31. The highest BCUT2D eigenvalue weighted by Crippen LogP contribution is 2.17. The fraction of sp³-hybridized carbons (Fsp3) is 0.263. The first-order chi connectivity index (χ1) is 12.3. The van der Waals surface area contributed by atoms with Gasteiger partial charge < -0.3 is 10.2 Å². The Morgan fingerprint density at radius 2 is 1.73 bits per heavy atom. The van der Waals surface area contributed by atoms with Crippen molar-refractivity contribution in [3.8, 4) is 0 Å². The number of hydrogen-bond donors (Lipinski definition) is 1. The molecule has 0 atom stereocenters. The summed E-state index contributed by atoms with van der Waals surface area (Å²) in [5.74, 6) is -0.616. The Morgan fingerprint density at radius 3 is 2.35 bits per heavy atom. The Bertz CT molecular complexity index is 794. The molecule has 0 unspecified atom stereocenters. The van der Waals surface area contributed by atoms with E-state index in [1.165, 1.54) is 11.0 Å². The number of amides is 2. The van der Waals surface area contributed by atoms with Gasteiger partial charge in [-0.15, -0.1) is 0 Å². The molecule has 26 heavy (non-hydrogen) atoms. The van der Waals surface area contributed by atoms with E-state index < -0.39 is 0 Å². The molecule has 0 aromatic heterocycles. The molecule has 0 aliphatic carbocycles. The van der Waals surface area contributed by atoms with Gasteiger partial charge in [-0.05, 0) is 49.5 Å². The molecule has 2 aromatic rings. The molecule has 0 radical (unpaired) electrons. The van der Waals surface area contributed by atoms with Crippen molar-refractivity contribution in [2.24, 2.45) is 0 Å². The van der Waals surface area contributed by atoms with Crippen LogP contribution >= 0.6 is 15.9 Å². The van der Waals surface area contributed by atoms with Crippen LogP contribution in [0.3, 0.4) is 0 Å². The van der Waals surface area contributed by atoms with Crippen molar-refractivity contribution in [3.63, 3.8) is 0 Å². The Kier molecular flexibility index (Phi) is 6.88. The molecule has 0 saturated heterocycles. The maximum Gasteiger partial charge on any atom is 0.253 e. The molecular formula is C19H21BrFN3O2. The van der Waals surface area contributed by atoms with Gasteiger partial charge in [0.15, 0.2) is 0 Å². The van der Waals surface area contributed by atoms with Crippen LogP contribution < -0.4 is 5.32 Å². The molecule has 2 aromatic carbocycles. The number of nitrogens with one attached hydrogen (secondary N) is 1. The lowest BCUT2D eigenvalue weighted by molar-refractivity contribution is -0.117. The summed E-state index contributed by atoms with van der Waals surface area (Å²) in [6.07, 6.45) is 0. The smallest absolute Gasteiger partial charge is 0.253 e. The van der Waals surface area contributed by atoms with Crippen molar-refractivity contribution in [1.29, 1.82) is 0 Å². The maximum absolute atomic E-state index is 13.8. The molecule has 2 rings (SSSR count). The second-order valence-electron chi connectivity index (χ2n) is 6.23. The van der Waals surface area contributed by atoms with Crippen LogP contribution in [0.1, 0.15) is 15.9 Å². The second-order valence-corrected chi connectivity index (χ2v) is 7.15. The zero-order valence-corrected chi connectivity index (χ0v) is 16.5. The minimum absolute atomic E-state index is 0.0985. The van der Waals surface area contributed by atoms with Gasteiger partial charge in [-0.25, -0.2) is 4.39 Å². The van der Waals surface area contributed by atoms with Gasteiger partial charge in [0.2, 0.25) is 5.91 Å². The summed E-state index contributed by atoms with van der Waals surface area (Å²) in [6, 6.07) is 11.4. The van der Waals surface area contributed by atoms with Crippen LogP contribution in [0.15, 0.2) is 46.9 Å². The Balaban J connectivity index is 1.91. The van der Waals surface area contributed by atoms with Gasteiger partial charge in [-0.1, -0.05) is 15.9 Å². The number of likely N-dealkylation sites (N-methyl/N-ethyl adjacent to an activating group) is 1. The monoisotopic (exact) mass is 421 g/mol. The number of rotatable bonds is 6. The van der Waals surface area contributed by atoms with Crippen LogP contribution in [-0.2, 0) is 11.3 Å². The topological polar surface area (TPSA) is 52.7 Å². The molecule has 0 aliphatic rings. The Morgan fingerprint density at radius 1 is 1.08 bits per heavy atom. The van der Waals surface area contributed by atoms with Crippen LogP contribution in [0.4, 0.5) is 10.1 Å². The van der Waals surface area contributed by atoms with E-state index >= 15 is 0 Å². The summed E-state index contributed by atoms with van der Waals surface area (Å²) in [5, 5.41) is 2.77. The molecule has 138 valence electrons. The van der Waals surface area contributed by atoms with Gasteiger partial charge >= 0.3 is 0 Å². The minimum atomic E-state index is -0.304. The fourth-order valence-electron chi connectivity index (χ4n) is 2.41. The lowest BCUT2D eigenvalue weighted by Crippen LogP contribution is -2.30. The minimum Gasteiger partial charge on any atom is -0.345 e. The van der Waals surface area contributed by atoms with Crippen molar-refractivity contribution >= 4 is 33.4 Å². The van der Waals surface area contributed by atoms with Crippen LogP contribution in [0.2, 0.25) is 0 Å². The van der Waals surface area contributed by atoms with E-state index in [4.69, 9.17) is 0 Å². The van der Waals surface area contributed by atoms with Crippen LogP contribution in [0.5, 0.6) is 0 Å². The van der Waals surface area contributed by atoms with E-state index in [0.717, 1.165) is 4.47 Å². The first-order valence-corrected chi connectivity index (χ1v) is 8.79. The number of benzene rings is 2. The van der Waals surface area contributed by atoms with E-state index in [1.54, 1.807) is 62.4 Å². The highest BCUT2D eigenvalue weighted by molar-refractivity contribution is 9.10. The van der Waals surface area contributed by atoms with Crippen LogP contribution in [-0.4, -0.2) is 49.3 Å². The van der Waals surface area contributed by atoms with Crippen molar-refractivity contribution in [2.45, 2.75) is 6.54 Å². The zero-order chi connectivity index (χ0) is 19.3. The van der Waals surface area contributed by atoms with Crippen molar-refractivity contribution in [1.82, 2.24) is 9.80 Å². The van der Waals surface area contributed by atoms with Gasteiger partial charge in [0, 0.05) is 41.9 Å². The van der Waals surface area contributed by atoms with E-state index in [9.17, 15) is 14.0 Å². The molecule has 5 nitrogen and oxygen atoms in total. The van der Waals surface area contributed by atoms with Crippen LogP contribution in [0.25, 0.3) is 0 Å². The molecule has 0 aliphatic heterocycles. The summed E-state index contributed by atoms with van der Waals surface area (Å²) in [4.78, 5) is 27.2. The summed E-state index contributed by atoms with van der Waals surface area (Å²) in [6.45, 7) is 0.430. The Labute approximate surface area is 160 Å². The average Bonchev–Trinajstić information content (AvgIpc) is 2.58. The zero-order valence-electron chi connectivity index (χ0n) is 14.9. The van der Waals surface area contributed by atoms with Gasteiger partial charge in [-0.2, -0.15) is 0 Å². The molecule has 0 fully saturated rings. The molecule has 0 bridgehead atoms. The molecule has 7 heteroatoms. The Hall–Kier alpha value is -2.25. The van der Waals surface area contributed by atoms with E-state index in [-0.39, 0.29) is 24.2 Å². The first-order valence-electron chi connectivity index (χ1n) is 8.00. The fourth-order valence-corrected chi connectivity index (χ4v) is 2.82. The summed E-state index contributed by atoms with van der Waals surface area (Å²) < 4.78 is 14.6. The average molecular weight is 422 g/mol. The molecule has 0 spiro atoms. The summed E-state index contributed by atoms with van der Waals surface area (Å²) in [7, 11) is 5.11. The number of halogens is 2. The number of hydrogen-bond acceptors (Lipinski definition) is 3. The van der Waals surface area contributed by atoms with E-state index in [2.05, 4.69) is 21.2 Å². The number of anilines is 1. The standard InChI is InChI=1S/C19H21BrFN3O2/c1-23(2)19(26)13-4-7-16(8-5-13)22-18(25)12-24(3)11-14-10-15(20)6-9-17(14)21/h4-10H,11-12H2,1-3H3,(H,22,25). The van der Waals surface area contributed by atoms with Gasteiger partial charge in [0.25, 0.3) is 5.91 Å². The van der Waals surface area contributed by atoms with Gasteiger partial charge in [0.05, 0.1) is 6.54 Å². The normalized spacial score (nSPS) is 10.7. The lowest BCUT2D eigenvalue weighted by atomic mass is 10.2. The first kappa shape index (κ1) is 20.1. The largest absolute Gasteiger partial charge is 0.345 e. The predicted molar refractivity (Wildman–Crippen MR) is 104 cm³/mol. The van der Waals surface area contributed by atoms with Crippen molar-refractivity contribution < 1.29 is 14.0 Å². The maximum atomic E-state index is 13.8. The summed E-state index contributed by atoms with van der Waals surface area (Å²) in [5.41, 5.74) is 1.67. The van der Waals surface area contributed by atoms with Crippen molar-refractivity contribution in [3.05, 3.63) is 63.9 Å². The number of carbonyl (C=O) groups is 2. The third-order valence-electron chi connectivity index (χ3n) is 3.68. The van der Waals surface area contributed by atoms with Crippen LogP contribution in [0, 0.1) is 5.82 Å².